The number of likely N-dealkylation sites (tertiary alicyclic amines) is 1. The molecule has 11 heteroatoms. The normalized spacial score (nSPS) is 17.8. The molecule has 1 aliphatic heterocycles. The van der Waals surface area contributed by atoms with Crippen molar-refractivity contribution >= 4 is 34.4 Å². The molecule has 1 amide bonds. The molecule has 9 nitrogen and oxygen atoms in total. The predicted molar refractivity (Wildman–Crippen MR) is 135 cm³/mol. The lowest BCUT2D eigenvalue weighted by Crippen LogP contribution is -2.64. The summed E-state index contributed by atoms with van der Waals surface area (Å²) in [6.45, 7) is 0.603. The number of aromatic amines is 1. The van der Waals surface area contributed by atoms with Gasteiger partial charge in [0, 0.05) is 35.5 Å². The summed E-state index contributed by atoms with van der Waals surface area (Å²) in [5, 5.41) is 4.21. The Balaban J connectivity index is 1.40. The number of carbonyl (C=O) groups is 1. The van der Waals surface area contributed by atoms with Crippen molar-refractivity contribution in [3.8, 4) is 17.1 Å². The van der Waals surface area contributed by atoms with E-state index in [1.54, 1.807) is 48.5 Å². The predicted octanol–water partition coefficient (Wildman–Crippen LogP) is 4.21. The Hall–Kier alpha value is -3.76. The Kier molecular flexibility index (Phi) is 6.46. The molecule has 36 heavy (non-hydrogen) atoms. The van der Waals surface area contributed by atoms with Crippen LogP contribution in [-0.4, -0.2) is 56.6 Å². The summed E-state index contributed by atoms with van der Waals surface area (Å²) in [6.07, 6.45) is 6.57. The molecule has 1 aliphatic rings. The largest absolute Gasteiger partial charge is 0.497 e. The van der Waals surface area contributed by atoms with Gasteiger partial charge in [0.05, 0.1) is 24.9 Å². The maximum Gasteiger partial charge on any atom is 0.255 e. The van der Waals surface area contributed by atoms with Crippen LogP contribution in [0.15, 0.2) is 48.9 Å². The van der Waals surface area contributed by atoms with Crippen molar-refractivity contribution in [3.63, 3.8) is 0 Å². The van der Waals surface area contributed by atoms with Gasteiger partial charge in [-0.3, -0.25) is 4.79 Å². The molecule has 0 spiro atoms. The zero-order valence-electron chi connectivity index (χ0n) is 19.6. The highest BCUT2D eigenvalue weighted by Crippen LogP contribution is 2.30. The molecule has 0 bridgehead atoms. The molecule has 3 aromatic heterocycles. The van der Waals surface area contributed by atoms with Gasteiger partial charge in [0.2, 0.25) is 0 Å². The zero-order chi connectivity index (χ0) is 25.3. The van der Waals surface area contributed by atoms with E-state index in [1.807, 2.05) is 0 Å². The second-order valence-corrected chi connectivity index (χ2v) is 9.18. The van der Waals surface area contributed by atoms with Crippen molar-refractivity contribution in [2.75, 3.05) is 25.5 Å². The number of halogens is 2. The topological polar surface area (TPSA) is 122 Å². The molecule has 0 radical (unpaired) electrons. The first kappa shape index (κ1) is 24.0. The van der Waals surface area contributed by atoms with Gasteiger partial charge in [0.1, 0.15) is 17.1 Å². The molecule has 1 aromatic carbocycles. The van der Waals surface area contributed by atoms with Crippen molar-refractivity contribution in [1.82, 2.24) is 24.8 Å². The fourth-order valence-electron chi connectivity index (χ4n) is 4.48. The van der Waals surface area contributed by atoms with Gasteiger partial charge < -0.3 is 25.7 Å². The third kappa shape index (κ3) is 4.57. The van der Waals surface area contributed by atoms with Crippen molar-refractivity contribution in [2.24, 2.45) is 5.73 Å². The number of nitrogens with zero attached hydrogens (tertiary/aromatic N) is 4. The van der Waals surface area contributed by atoms with E-state index < -0.39 is 11.5 Å². The number of aromatic nitrogens is 4. The summed E-state index contributed by atoms with van der Waals surface area (Å²) in [4.78, 5) is 30.8. The van der Waals surface area contributed by atoms with E-state index in [4.69, 9.17) is 22.1 Å². The van der Waals surface area contributed by atoms with Crippen LogP contribution in [0.4, 0.5) is 10.2 Å². The molecular formula is C25H25ClFN7O2. The summed E-state index contributed by atoms with van der Waals surface area (Å²) in [7, 11) is 1.55. The molecule has 0 unspecified atom stereocenters. The summed E-state index contributed by atoms with van der Waals surface area (Å²) in [6, 6.07) is 8.69. The third-order valence-corrected chi connectivity index (χ3v) is 6.59. The molecule has 186 valence electrons. The number of piperidine rings is 1. The van der Waals surface area contributed by atoms with Crippen molar-refractivity contribution in [3.05, 3.63) is 65.3 Å². The lowest BCUT2D eigenvalue weighted by molar-refractivity contribution is 0.0376. The van der Waals surface area contributed by atoms with Crippen molar-refractivity contribution in [1.29, 1.82) is 0 Å². The maximum atomic E-state index is 14.7. The van der Waals surface area contributed by atoms with Crippen LogP contribution in [0.25, 0.3) is 22.4 Å². The van der Waals surface area contributed by atoms with Crippen LogP contribution in [0.3, 0.4) is 0 Å². The van der Waals surface area contributed by atoms with Gasteiger partial charge in [-0.05, 0) is 43.5 Å². The number of anilines is 1. The summed E-state index contributed by atoms with van der Waals surface area (Å²) >= 11 is 6.10. The number of ether oxygens (including phenoxy) is 1. The first-order valence-electron chi connectivity index (χ1n) is 11.5. The van der Waals surface area contributed by atoms with E-state index in [9.17, 15) is 9.18 Å². The number of benzene rings is 1. The number of fused-ring (bicyclic) bond motifs is 1. The minimum atomic E-state index is -1.03. The van der Waals surface area contributed by atoms with E-state index in [0.717, 1.165) is 24.4 Å². The molecule has 4 N–H and O–H groups in total. The Morgan fingerprint density at radius 3 is 3.00 bits per heavy atom. The van der Waals surface area contributed by atoms with Crippen LogP contribution in [0.1, 0.15) is 29.6 Å². The van der Waals surface area contributed by atoms with Crippen LogP contribution in [0, 0.1) is 5.82 Å². The van der Waals surface area contributed by atoms with Crippen LogP contribution in [-0.2, 0) is 0 Å². The first-order valence-corrected chi connectivity index (χ1v) is 11.9. The smallest absolute Gasteiger partial charge is 0.255 e. The number of H-pyrrole nitrogens is 1. The second kappa shape index (κ2) is 9.71. The van der Waals surface area contributed by atoms with Gasteiger partial charge in [0.25, 0.3) is 5.91 Å². The number of amides is 1. The average molecular weight is 510 g/mol. The number of nitrogens with one attached hydrogen (secondary N) is 2. The molecular weight excluding hydrogens is 485 g/mol. The fourth-order valence-corrected chi connectivity index (χ4v) is 4.64. The number of hydrogen-bond acceptors (Lipinski definition) is 7. The molecule has 1 fully saturated rings. The van der Waals surface area contributed by atoms with Gasteiger partial charge in [-0.1, -0.05) is 17.7 Å². The highest BCUT2D eigenvalue weighted by Gasteiger charge is 2.39. The van der Waals surface area contributed by atoms with E-state index in [2.05, 4.69) is 25.3 Å². The van der Waals surface area contributed by atoms with Gasteiger partial charge in [-0.2, -0.15) is 0 Å². The summed E-state index contributed by atoms with van der Waals surface area (Å²) < 4.78 is 20.0. The number of rotatable bonds is 6. The SMILES string of the molecule is COc1cccc(C(=O)N2CCCC[C@]2(N)CNc2nc(-c3c[nH]c4ncc(Cl)cc34)ncc2F)c1. The van der Waals surface area contributed by atoms with E-state index in [0.29, 0.717) is 46.3 Å². The molecule has 4 heterocycles. The van der Waals surface area contributed by atoms with Gasteiger partial charge in [0.15, 0.2) is 17.5 Å². The number of methoxy groups -OCH3 is 1. The highest BCUT2D eigenvalue weighted by molar-refractivity contribution is 6.31. The van der Waals surface area contributed by atoms with Crippen molar-refractivity contribution in [2.45, 2.75) is 24.9 Å². The minimum absolute atomic E-state index is 0.00600. The molecule has 1 atom stereocenters. The monoisotopic (exact) mass is 509 g/mol. The molecule has 1 saturated heterocycles. The Labute approximate surface area is 211 Å². The van der Waals surface area contributed by atoms with Crippen LogP contribution < -0.4 is 15.8 Å². The lowest BCUT2D eigenvalue weighted by Gasteiger charge is -2.44. The Morgan fingerprint density at radius 2 is 2.17 bits per heavy atom. The van der Waals surface area contributed by atoms with Crippen LogP contribution >= 0.6 is 11.6 Å². The third-order valence-electron chi connectivity index (χ3n) is 6.39. The number of pyridine rings is 1. The highest BCUT2D eigenvalue weighted by atomic mass is 35.5. The maximum absolute atomic E-state index is 14.7. The standard InChI is InChI=1S/C25H25ClFN7O2/c1-36-17-6-4-5-15(9-17)24(35)34-8-3-2-7-25(34,28)14-32-23-20(27)13-31-22(33-23)19-12-30-21-18(19)10-16(26)11-29-21/h4-6,9-13H,2-3,7-8,14,28H2,1H3,(H,29,30)(H,31,32,33)/t25-/m1/s1. The van der Waals surface area contributed by atoms with Gasteiger partial charge in [-0.25, -0.2) is 19.3 Å². The molecule has 4 aromatic rings. The quantitative estimate of drug-likeness (QED) is 0.356. The van der Waals surface area contributed by atoms with E-state index in [-0.39, 0.29) is 18.3 Å². The Morgan fingerprint density at radius 1 is 1.31 bits per heavy atom. The second-order valence-electron chi connectivity index (χ2n) is 8.75. The zero-order valence-corrected chi connectivity index (χ0v) is 20.3. The van der Waals surface area contributed by atoms with Gasteiger partial charge in [-0.15, -0.1) is 0 Å². The van der Waals surface area contributed by atoms with Crippen molar-refractivity contribution < 1.29 is 13.9 Å². The number of nitrogens with two attached hydrogens (primary N) is 1. The average Bonchev–Trinajstić information content (AvgIpc) is 3.31. The van der Waals surface area contributed by atoms with E-state index in [1.165, 1.54) is 6.20 Å². The first-order chi connectivity index (χ1) is 17.4. The fraction of sp³-hybridized carbons (Fsp3) is 0.280. The molecule has 0 saturated carbocycles. The number of hydrogen-bond donors (Lipinski definition) is 3. The van der Waals surface area contributed by atoms with Gasteiger partial charge >= 0.3 is 0 Å². The molecule has 5 rings (SSSR count). The van der Waals surface area contributed by atoms with Crippen LogP contribution in [0.5, 0.6) is 5.75 Å². The van der Waals surface area contributed by atoms with E-state index >= 15 is 0 Å². The Bertz CT molecular complexity index is 1430. The summed E-state index contributed by atoms with van der Waals surface area (Å²) in [5.41, 5.74) is 7.45. The molecule has 0 aliphatic carbocycles. The summed E-state index contributed by atoms with van der Waals surface area (Å²) in [5.74, 6) is 0.0504. The van der Waals surface area contributed by atoms with Crippen LogP contribution in [0.2, 0.25) is 5.02 Å². The minimum Gasteiger partial charge on any atom is -0.497 e. The lowest BCUT2D eigenvalue weighted by atomic mass is 9.94. The number of carbonyl (C=O) groups excluding carboxylic acids is 1.